The number of carbonyl (C=O) groups excluding carboxylic acids is 1. The fraction of sp³-hybridized carbons (Fsp3) is 0.267. The van der Waals surface area contributed by atoms with Gasteiger partial charge in [-0.3, -0.25) is 4.79 Å². The Kier molecular flexibility index (Phi) is 2.70. The molecule has 0 saturated heterocycles. The molecule has 0 bridgehead atoms. The summed E-state index contributed by atoms with van der Waals surface area (Å²) in [5.41, 5.74) is 6.71. The first-order valence-electron chi connectivity index (χ1n) is 6.52. The maximum atomic E-state index is 13.7. The Labute approximate surface area is 117 Å². The van der Waals surface area contributed by atoms with Crippen molar-refractivity contribution in [3.05, 3.63) is 41.3 Å². The number of hydrogen-bond donors (Lipinski definition) is 1. The Hall–Kier alpha value is -1.80. The fourth-order valence-corrected chi connectivity index (χ4v) is 5.88. The lowest BCUT2D eigenvalue weighted by Crippen LogP contribution is -2.35. The van der Waals surface area contributed by atoms with E-state index >= 15 is 0 Å². The minimum Gasteiger partial charge on any atom is -0.455 e. The van der Waals surface area contributed by atoms with Gasteiger partial charge in [0.15, 0.2) is 12.9 Å². The van der Waals surface area contributed by atoms with Crippen molar-refractivity contribution < 1.29 is 13.8 Å². The van der Waals surface area contributed by atoms with Gasteiger partial charge in [-0.15, -0.1) is 0 Å². The first kappa shape index (κ1) is 13.2. The first-order valence-corrected chi connectivity index (χ1v) is 8.30. The van der Waals surface area contributed by atoms with E-state index in [0.717, 1.165) is 0 Å². The third-order valence-corrected chi connectivity index (χ3v) is 7.55. The first-order chi connectivity index (χ1) is 9.39. The molecular weight excluding hydrogens is 273 g/mol. The summed E-state index contributed by atoms with van der Waals surface area (Å²) in [4.78, 5) is 12.5. The largest absolute Gasteiger partial charge is 0.455 e. The number of aryl methyl sites for hydroxylation is 1. The summed E-state index contributed by atoms with van der Waals surface area (Å²) in [6.45, 7) is 5.47. The fourth-order valence-electron chi connectivity index (χ4n) is 2.76. The van der Waals surface area contributed by atoms with Crippen LogP contribution in [0, 0.1) is 6.92 Å². The normalized spacial score (nSPS) is 20.9. The lowest BCUT2D eigenvalue weighted by molar-refractivity contribution is 0.101. The van der Waals surface area contributed by atoms with Gasteiger partial charge >= 0.3 is 0 Å². The van der Waals surface area contributed by atoms with Gasteiger partial charge in [0.1, 0.15) is 5.76 Å². The van der Waals surface area contributed by atoms with Crippen molar-refractivity contribution in [3.63, 3.8) is 0 Å². The van der Waals surface area contributed by atoms with Crippen molar-refractivity contribution in [3.8, 4) is 0 Å². The topological polar surface area (TPSA) is 73.3 Å². The van der Waals surface area contributed by atoms with E-state index in [9.17, 15) is 9.36 Å². The number of nitrogens with two attached hydrogens (primary N) is 1. The number of hydrogen-bond acceptors (Lipinski definition) is 4. The van der Waals surface area contributed by atoms with Crippen molar-refractivity contribution >= 4 is 29.2 Å². The molecule has 3 rings (SSSR count). The SMILES string of the molecule is Cc1oc2c(c1N)P(=O)(C(C)C)c1ccccc1C2=O. The molecule has 1 aliphatic heterocycles. The molecule has 0 aliphatic carbocycles. The quantitative estimate of drug-likeness (QED) is 0.818. The predicted molar refractivity (Wildman–Crippen MR) is 79.7 cm³/mol. The molecule has 1 aromatic heterocycles. The summed E-state index contributed by atoms with van der Waals surface area (Å²) in [7, 11) is -2.96. The Morgan fingerprint density at radius 2 is 1.90 bits per heavy atom. The van der Waals surface area contributed by atoms with Gasteiger partial charge in [0, 0.05) is 16.5 Å². The molecule has 2 N–H and O–H groups in total. The highest BCUT2D eigenvalue weighted by Crippen LogP contribution is 2.54. The molecule has 1 aromatic carbocycles. The molecule has 5 heteroatoms. The third-order valence-electron chi connectivity index (χ3n) is 3.88. The number of fused-ring (bicyclic) bond motifs is 2. The van der Waals surface area contributed by atoms with Gasteiger partial charge in [-0.05, 0) is 6.92 Å². The van der Waals surface area contributed by atoms with Crippen LogP contribution in [0.3, 0.4) is 0 Å². The second kappa shape index (κ2) is 4.10. The zero-order valence-corrected chi connectivity index (χ0v) is 12.5. The van der Waals surface area contributed by atoms with Crippen LogP contribution in [0.2, 0.25) is 0 Å². The molecule has 0 spiro atoms. The van der Waals surface area contributed by atoms with Gasteiger partial charge in [0.2, 0.25) is 5.78 Å². The summed E-state index contributed by atoms with van der Waals surface area (Å²) in [5.74, 6) is 0.371. The van der Waals surface area contributed by atoms with Crippen LogP contribution in [0.4, 0.5) is 5.69 Å². The Bertz CT molecular complexity index is 773. The number of furan rings is 1. The van der Waals surface area contributed by atoms with E-state index in [1.165, 1.54) is 0 Å². The molecule has 0 amide bonds. The van der Waals surface area contributed by atoms with Crippen molar-refractivity contribution in [1.82, 2.24) is 0 Å². The van der Waals surface area contributed by atoms with Gasteiger partial charge in [-0.2, -0.15) is 0 Å². The van der Waals surface area contributed by atoms with Gasteiger partial charge in [-0.1, -0.05) is 38.1 Å². The van der Waals surface area contributed by atoms with Crippen molar-refractivity contribution in [2.45, 2.75) is 26.4 Å². The molecule has 0 saturated carbocycles. The standard InChI is InChI=1S/C15H16NO3P/c1-8(2)20(18)11-7-5-4-6-10(11)13(17)14-15(20)12(16)9(3)19-14/h4-8H,16H2,1-3H3. The van der Waals surface area contributed by atoms with Crippen LogP contribution in [0.25, 0.3) is 0 Å². The number of nitrogen functional groups attached to an aromatic ring is 1. The van der Waals surface area contributed by atoms with Gasteiger partial charge in [0.05, 0.1) is 11.0 Å². The number of carbonyl (C=O) groups is 1. The molecule has 0 fully saturated rings. The number of benzene rings is 1. The second-order valence-corrected chi connectivity index (χ2v) is 8.63. The van der Waals surface area contributed by atoms with E-state index in [0.29, 0.717) is 27.6 Å². The average Bonchev–Trinajstić information content (AvgIpc) is 2.73. The third kappa shape index (κ3) is 1.43. The van der Waals surface area contributed by atoms with Gasteiger partial charge in [-0.25, -0.2) is 0 Å². The number of anilines is 1. The maximum absolute atomic E-state index is 13.7. The Morgan fingerprint density at radius 3 is 2.55 bits per heavy atom. The van der Waals surface area contributed by atoms with Crippen molar-refractivity contribution in [1.29, 1.82) is 0 Å². The summed E-state index contributed by atoms with van der Waals surface area (Å²) in [6, 6.07) is 7.03. The lowest BCUT2D eigenvalue weighted by atomic mass is 10.1. The highest BCUT2D eigenvalue weighted by Gasteiger charge is 2.46. The van der Waals surface area contributed by atoms with Crippen LogP contribution >= 0.6 is 7.14 Å². The molecule has 1 unspecified atom stereocenters. The minimum absolute atomic E-state index is 0.144. The molecule has 104 valence electrons. The van der Waals surface area contributed by atoms with E-state index in [1.807, 2.05) is 13.8 Å². The predicted octanol–water partition coefficient (Wildman–Crippen LogP) is 2.44. The molecule has 2 aromatic rings. The molecule has 1 atom stereocenters. The van der Waals surface area contributed by atoms with Crippen LogP contribution in [-0.4, -0.2) is 11.4 Å². The van der Waals surface area contributed by atoms with Gasteiger partial charge < -0.3 is 14.7 Å². The molecular formula is C15H16NO3P. The van der Waals surface area contributed by atoms with Crippen LogP contribution in [0.5, 0.6) is 0 Å². The van der Waals surface area contributed by atoms with E-state index in [4.69, 9.17) is 10.2 Å². The smallest absolute Gasteiger partial charge is 0.229 e. The van der Waals surface area contributed by atoms with Gasteiger partial charge in [0.25, 0.3) is 0 Å². The highest BCUT2D eigenvalue weighted by atomic mass is 31.2. The number of ketones is 1. The monoisotopic (exact) mass is 289 g/mol. The summed E-state index contributed by atoms with van der Waals surface area (Å²) >= 11 is 0. The van der Waals surface area contributed by atoms with Crippen molar-refractivity contribution in [2.24, 2.45) is 0 Å². The summed E-state index contributed by atoms with van der Waals surface area (Å²) in [6.07, 6.45) is 0. The average molecular weight is 289 g/mol. The van der Waals surface area contributed by atoms with Crippen LogP contribution in [0.15, 0.2) is 28.7 Å². The van der Waals surface area contributed by atoms with Crippen molar-refractivity contribution in [2.75, 3.05) is 5.73 Å². The van der Waals surface area contributed by atoms with E-state index < -0.39 is 7.14 Å². The minimum atomic E-state index is -2.96. The second-order valence-electron chi connectivity index (χ2n) is 5.35. The molecule has 20 heavy (non-hydrogen) atoms. The highest BCUT2D eigenvalue weighted by molar-refractivity contribution is 7.80. The van der Waals surface area contributed by atoms with E-state index in [-0.39, 0.29) is 17.2 Å². The summed E-state index contributed by atoms with van der Waals surface area (Å²) < 4.78 is 19.2. The van der Waals surface area contributed by atoms with Crippen LogP contribution in [-0.2, 0) is 4.57 Å². The van der Waals surface area contributed by atoms with E-state index in [1.54, 1.807) is 31.2 Å². The Morgan fingerprint density at radius 1 is 1.25 bits per heavy atom. The molecule has 4 nitrogen and oxygen atoms in total. The Balaban J connectivity index is 2.47. The maximum Gasteiger partial charge on any atom is 0.229 e. The van der Waals surface area contributed by atoms with Crippen LogP contribution in [0.1, 0.15) is 35.7 Å². The zero-order valence-electron chi connectivity index (χ0n) is 11.6. The zero-order chi connectivity index (χ0) is 14.7. The molecule has 2 heterocycles. The van der Waals surface area contributed by atoms with Crippen LogP contribution < -0.4 is 16.3 Å². The molecule has 1 aliphatic rings. The number of rotatable bonds is 1. The lowest BCUT2D eigenvalue weighted by Gasteiger charge is -2.28. The summed E-state index contributed by atoms with van der Waals surface area (Å²) in [5, 5.41) is 1.01. The van der Waals surface area contributed by atoms with E-state index in [2.05, 4.69) is 0 Å². The molecule has 0 radical (unpaired) electrons.